The number of imidazole rings is 1. The number of nitrogens with one attached hydrogen (secondary N) is 2. The van der Waals surface area contributed by atoms with Crippen LogP contribution in [0.2, 0.25) is 0 Å². The van der Waals surface area contributed by atoms with Gasteiger partial charge >= 0.3 is 0 Å². The van der Waals surface area contributed by atoms with Crippen LogP contribution in [-0.2, 0) is 17.4 Å². The number of nitrogens with zero attached hydrogens (tertiary/aromatic N) is 6. The molecule has 0 aromatic carbocycles. The second-order valence-corrected chi connectivity index (χ2v) is 7.99. The molecule has 6 heterocycles. The van der Waals surface area contributed by atoms with Gasteiger partial charge in [0.15, 0.2) is 5.82 Å². The van der Waals surface area contributed by atoms with Crippen molar-refractivity contribution in [2.24, 2.45) is 7.05 Å². The molecule has 0 aliphatic carbocycles. The maximum Gasteiger partial charge on any atom is 0.179 e. The number of aromatic nitrogens is 7. The van der Waals surface area contributed by atoms with Crippen LogP contribution in [0, 0.1) is 6.92 Å². The van der Waals surface area contributed by atoms with Gasteiger partial charge in [-0.2, -0.15) is 15.3 Å². The van der Waals surface area contributed by atoms with Crippen molar-refractivity contribution in [3.05, 3.63) is 42.0 Å². The second-order valence-electron chi connectivity index (χ2n) is 7.99. The van der Waals surface area contributed by atoms with Gasteiger partial charge < -0.3 is 10.1 Å². The molecular weight excluding hydrogens is 368 g/mol. The van der Waals surface area contributed by atoms with Crippen molar-refractivity contribution < 1.29 is 4.74 Å². The Morgan fingerprint density at radius 3 is 3.03 bits per heavy atom. The first-order chi connectivity index (χ1) is 14.1. The number of ether oxygens (including phenoxy) is 1. The van der Waals surface area contributed by atoms with Crippen LogP contribution in [-0.4, -0.2) is 53.8 Å². The summed E-state index contributed by atoms with van der Waals surface area (Å²) in [6, 6.07) is 6.14. The molecule has 2 saturated heterocycles. The largest absolute Gasteiger partial charge is 0.363 e. The highest BCUT2D eigenvalue weighted by Gasteiger charge is 2.46. The highest BCUT2D eigenvalue weighted by atomic mass is 16.5. The van der Waals surface area contributed by atoms with Crippen LogP contribution in [0.5, 0.6) is 0 Å². The molecular formula is C20H22N8O. The van der Waals surface area contributed by atoms with Crippen molar-refractivity contribution in [2.45, 2.75) is 31.5 Å². The molecule has 0 radical (unpaired) electrons. The third-order valence-electron chi connectivity index (χ3n) is 6.06. The number of hydrogen-bond acceptors (Lipinski definition) is 6. The molecule has 0 amide bonds. The molecule has 2 aliphatic heterocycles. The van der Waals surface area contributed by atoms with E-state index >= 15 is 0 Å². The van der Waals surface area contributed by atoms with E-state index in [0.717, 1.165) is 65.6 Å². The van der Waals surface area contributed by atoms with Crippen molar-refractivity contribution in [1.29, 1.82) is 0 Å². The summed E-state index contributed by atoms with van der Waals surface area (Å²) in [4.78, 5) is 4.67. The normalized spacial score (nSPS) is 23.9. The summed E-state index contributed by atoms with van der Waals surface area (Å²) in [6.45, 7) is 3.62. The fourth-order valence-corrected chi connectivity index (χ4v) is 4.58. The van der Waals surface area contributed by atoms with Crippen molar-refractivity contribution >= 4 is 5.52 Å². The van der Waals surface area contributed by atoms with Crippen molar-refractivity contribution in [1.82, 2.24) is 39.9 Å². The summed E-state index contributed by atoms with van der Waals surface area (Å²) in [5.41, 5.74) is 5.25. The summed E-state index contributed by atoms with van der Waals surface area (Å²) in [5.74, 6) is 0.737. The summed E-state index contributed by atoms with van der Waals surface area (Å²) in [6.07, 6.45) is 5.92. The zero-order valence-electron chi connectivity index (χ0n) is 16.4. The molecule has 2 unspecified atom stereocenters. The lowest BCUT2D eigenvalue weighted by atomic mass is 9.94. The first kappa shape index (κ1) is 16.9. The molecule has 2 bridgehead atoms. The third-order valence-corrected chi connectivity index (χ3v) is 6.06. The number of aromatic amines is 1. The van der Waals surface area contributed by atoms with E-state index in [-0.39, 0.29) is 6.10 Å². The quantitative estimate of drug-likeness (QED) is 0.554. The SMILES string of the molecule is Cc1cc(-c2ncc3c(-c4ccnn4C)cc(C45CCC(CNC4)O5)nn23)[nH]n1. The smallest absolute Gasteiger partial charge is 0.179 e. The van der Waals surface area contributed by atoms with E-state index in [9.17, 15) is 0 Å². The Balaban J connectivity index is 1.62. The van der Waals surface area contributed by atoms with Crippen LogP contribution in [0.4, 0.5) is 0 Å². The van der Waals surface area contributed by atoms with Gasteiger partial charge in [-0.1, -0.05) is 0 Å². The van der Waals surface area contributed by atoms with E-state index in [2.05, 4.69) is 31.7 Å². The number of hydrogen-bond donors (Lipinski definition) is 2. The maximum atomic E-state index is 6.45. The van der Waals surface area contributed by atoms with Gasteiger partial charge in [0.25, 0.3) is 0 Å². The second kappa shape index (κ2) is 5.98. The molecule has 148 valence electrons. The molecule has 0 spiro atoms. The van der Waals surface area contributed by atoms with Crippen LogP contribution < -0.4 is 5.32 Å². The Morgan fingerprint density at radius 1 is 1.31 bits per heavy atom. The number of aryl methyl sites for hydroxylation is 2. The highest BCUT2D eigenvalue weighted by molar-refractivity contribution is 5.79. The molecule has 2 N–H and O–H groups in total. The molecule has 4 aromatic heterocycles. The average molecular weight is 390 g/mol. The first-order valence-corrected chi connectivity index (χ1v) is 9.91. The minimum Gasteiger partial charge on any atom is -0.363 e. The summed E-state index contributed by atoms with van der Waals surface area (Å²) < 4.78 is 10.2. The van der Waals surface area contributed by atoms with E-state index in [1.165, 1.54) is 0 Å². The molecule has 4 aromatic rings. The number of rotatable bonds is 3. The standard InChI is InChI=1S/C20H22N8O/c1-12-7-15(25-24-12)19-22-10-17-14(16-4-6-23-27(16)2)8-18(26-28(17)19)20-5-3-13(29-20)9-21-11-20/h4,6-8,10,13,21H,3,5,9,11H2,1-2H3,(H,24,25). The molecule has 29 heavy (non-hydrogen) atoms. The molecule has 2 atom stereocenters. The van der Waals surface area contributed by atoms with E-state index < -0.39 is 5.60 Å². The third kappa shape index (κ3) is 2.47. The van der Waals surface area contributed by atoms with Crippen molar-refractivity contribution in [2.75, 3.05) is 13.1 Å². The zero-order chi connectivity index (χ0) is 19.6. The predicted molar refractivity (Wildman–Crippen MR) is 106 cm³/mol. The van der Waals surface area contributed by atoms with Crippen LogP contribution in [0.15, 0.2) is 30.6 Å². The summed E-state index contributed by atoms with van der Waals surface area (Å²) >= 11 is 0. The van der Waals surface area contributed by atoms with Gasteiger partial charge in [-0.3, -0.25) is 9.78 Å². The fraction of sp³-hybridized carbons (Fsp3) is 0.400. The van der Waals surface area contributed by atoms with Crippen LogP contribution >= 0.6 is 0 Å². The Labute approximate surface area is 167 Å². The average Bonchev–Trinajstić information content (AvgIpc) is 3.49. The van der Waals surface area contributed by atoms with Crippen LogP contribution in [0.3, 0.4) is 0 Å². The van der Waals surface area contributed by atoms with Gasteiger partial charge in [0.1, 0.15) is 11.3 Å². The van der Waals surface area contributed by atoms with Gasteiger partial charge in [-0.25, -0.2) is 9.50 Å². The zero-order valence-corrected chi connectivity index (χ0v) is 16.4. The lowest BCUT2D eigenvalue weighted by Crippen LogP contribution is -2.46. The predicted octanol–water partition coefficient (Wildman–Crippen LogP) is 1.81. The lowest BCUT2D eigenvalue weighted by molar-refractivity contribution is -0.0717. The van der Waals surface area contributed by atoms with Gasteiger partial charge in [0.2, 0.25) is 0 Å². The Bertz CT molecular complexity index is 1220. The van der Waals surface area contributed by atoms with Crippen molar-refractivity contribution in [3.8, 4) is 22.8 Å². The lowest BCUT2D eigenvalue weighted by Gasteiger charge is -2.33. The number of H-pyrrole nitrogens is 1. The molecule has 2 aliphatic rings. The molecule has 0 saturated carbocycles. The topological polar surface area (TPSA) is 98.0 Å². The Hall–Kier alpha value is -3.04. The van der Waals surface area contributed by atoms with Crippen LogP contribution in [0.1, 0.15) is 24.2 Å². The van der Waals surface area contributed by atoms with Gasteiger partial charge in [0, 0.05) is 31.9 Å². The van der Waals surface area contributed by atoms with E-state index in [4.69, 9.17) is 9.84 Å². The molecule has 9 heteroatoms. The first-order valence-electron chi connectivity index (χ1n) is 9.91. The minimum absolute atomic E-state index is 0.249. The summed E-state index contributed by atoms with van der Waals surface area (Å²) in [7, 11) is 1.95. The number of fused-ring (bicyclic) bond motifs is 3. The monoisotopic (exact) mass is 390 g/mol. The maximum absolute atomic E-state index is 6.45. The van der Waals surface area contributed by atoms with Crippen molar-refractivity contribution in [3.63, 3.8) is 0 Å². The van der Waals surface area contributed by atoms with E-state index in [1.54, 1.807) is 0 Å². The Morgan fingerprint density at radius 2 is 2.24 bits per heavy atom. The fourth-order valence-electron chi connectivity index (χ4n) is 4.58. The van der Waals surface area contributed by atoms with E-state index in [1.807, 2.05) is 47.7 Å². The highest BCUT2D eigenvalue weighted by Crippen LogP contribution is 2.42. The molecule has 9 nitrogen and oxygen atoms in total. The van der Waals surface area contributed by atoms with Gasteiger partial charge in [0.05, 0.1) is 34.9 Å². The molecule has 6 rings (SSSR count). The molecule has 2 fully saturated rings. The van der Waals surface area contributed by atoms with Gasteiger partial charge in [-0.15, -0.1) is 0 Å². The van der Waals surface area contributed by atoms with Gasteiger partial charge in [-0.05, 0) is 38.0 Å². The number of morpholine rings is 1. The summed E-state index contributed by atoms with van der Waals surface area (Å²) in [5, 5.41) is 20.2. The van der Waals surface area contributed by atoms with Crippen LogP contribution in [0.25, 0.3) is 28.3 Å². The Kier molecular flexibility index (Phi) is 3.48. The van der Waals surface area contributed by atoms with E-state index in [0.29, 0.717) is 0 Å². The minimum atomic E-state index is -0.407.